The molecule has 10 heavy (non-hydrogen) atoms. The van der Waals surface area contributed by atoms with E-state index >= 15 is 0 Å². The Hall–Kier alpha value is -1.34. The van der Waals surface area contributed by atoms with Crippen molar-refractivity contribution in [1.82, 2.24) is 4.90 Å². The maximum atomic E-state index is 10.6. The molecule has 0 atom stereocenters. The van der Waals surface area contributed by atoms with Gasteiger partial charge in [-0.3, -0.25) is 9.59 Å². The van der Waals surface area contributed by atoms with Crippen molar-refractivity contribution in [2.24, 2.45) is 5.73 Å². The normalized spacial score (nSPS) is 8.10. The van der Waals surface area contributed by atoms with Gasteiger partial charge in [0.2, 0.25) is 5.91 Å². The molecule has 0 aromatic rings. The molecule has 0 saturated heterocycles. The van der Waals surface area contributed by atoms with Crippen LogP contribution >= 0.6 is 0 Å². The van der Waals surface area contributed by atoms with Crippen molar-refractivity contribution < 1.29 is 9.59 Å². The van der Waals surface area contributed by atoms with E-state index in [-0.39, 0.29) is 6.54 Å². The van der Waals surface area contributed by atoms with Crippen molar-refractivity contribution in [1.29, 1.82) is 0 Å². The van der Waals surface area contributed by atoms with Gasteiger partial charge in [-0.15, -0.1) is 0 Å². The van der Waals surface area contributed by atoms with Crippen molar-refractivity contribution in [3.63, 3.8) is 0 Å². The minimum atomic E-state index is -0.560. The molecular formula is C6H8N2O2. The third kappa shape index (κ3) is 1.88. The lowest BCUT2D eigenvalue weighted by Gasteiger charge is -2.07. The van der Waals surface area contributed by atoms with Gasteiger partial charge in [0.25, 0.3) is 5.91 Å². The largest absolute Gasteiger partial charge is 0.322 e. The molecule has 0 aliphatic carbocycles. The maximum Gasteiger partial charge on any atom is 0.254 e. The van der Waals surface area contributed by atoms with Crippen LogP contribution in [0, 0.1) is 12.5 Å². The molecular weight excluding hydrogens is 132 g/mol. The van der Waals surface area contributed by atoms with Crippen LogP contribution < -0.4 is 5.73 Å². The van der Waals surface area contributed by atoms with E-state index < -0.39 is 11.8 Å². The predicted molar refractivity (Wildman–Crippen MR) is 35.4 cm³/mol. The molecule has 0 aromatic carbocycles. The van der Waals surface area contributed by atoms with Crippen LogP contribution in [0.3, 0.4) is 0 Å². The zero-order valence-electron chi connectivity index (χ0n) is 5.63. The van der Waals surface area contributed by atoms with Crippen molar-refractivity contribution >= 4 is 11.8 Å². The summed E-state index contributed by atoms with van der Waals surface area (Å²) in [7, 11) is 0. The number of hydrogen-bond acceptors (Lipinski definition) is 3. The van der Waals surface area contributed by atoms with E-state index in [1.165, 1.54) is 6.92 Å². The highest BCUT2D eigenvalue weighted by Gasteiger charge is 2.12. The van der Waals surface area contributed by atoms with E-state index in [1.54, 1.807) is 0 Å². The number of hydrogen-bond donors (Lipinski definition) is 1. The first-order valence-electron chi connectivity index (χ1n) is 2.63. The van der Waals surface area contributed by atoms with E-state index in [1.807, 2.05) is 6.04 Å². The number of carbonyl (C=O) groups is 2. The standard InChI is InChI=1S/C6H8N2O2/c1-3-8(5(2)9)6(10)4-7/h1H,4,7H2,2H3. The average molecular weight is 140 g/mol. The van der Waals surface area contributed by atoms with E-state index in [9.17, 15) is 9.59 Å². The van der Waals surface area contributed by atoms with Crippen LogP contribution in [0.5, 0.6) is 0 Å². The van der Waals surface area contributed by atoms with Gasteiger partial charge in [-0.05, 0) is 0 Å². The molecule has 0 radical (unpaired) electrons. The van der Waals surface area contributed by atoms with Gasteiger partial charge in [0, 0.05) is 13.0 Å². The molecule has 0 aromatic heterocycles. The van der Waals surface area contributed by atoms with Crippen LogP contribution in [0.1, 0.15) is 6.92 Å². The van der Waals surface area contributed by atoms with Crippen molar-refractivity contribution in [2.45, 2.75) is 6.92 Å². The van der Waals surface area contributed by atoms with E-state index in [4.69, 9.17) is 12.2 Å². The lowest BCUT2D eigenvalue weighted by atomic mass is 10.5. The van der Waals surface area contributed by atoms with Crippen LogP contribution in [-0.4, -0.2) is 23.3 Å². The number of imide groups is 1. The van der Waals surface area contributed by atoms with E-state index in [0.717, 1.165) is 0 Å². The molecule has 54 valence electrons. The molecule has 0 rings (SSSR count). The third-order valence-electron chi connectivity index (χ3n) is 0.868. The van der Waals surface area contributed by atoms with Crippen molar-refractivity contribution in [2.75, 3.05) is 6.54 Å². The highest BCUT2D eigenvalue weighted by molar-refractivity contribution is 5.97. The zero-order chi connectivity index (χ0) is 8.15. The summed E-state index contributed by atoms with van der Waals surface area (Å²) in [6.07, 6.45) is 4.83. The molecule has 0 heterocycles. The molecule has 0 unspecified atom stereocenters. The van der Waals surface area contributed by atoms with E-state index in [2.05, 4.69) is 0 Å². The van der Waals surface area contributed by atoms with Gasteiger partial charge in [-0.25, -0.2) is 4.90 Å². The van der Waals surface area contributed by atoms with Crippen LogP contribution in [0.25, 0.3) is 0 Å². The summed E-state index contributed by atoms with van der Waals surface area (Å²) in [4.78, 5) is 21.7. The van der Waals surface area contributed by atoms with Crippen LogP contribution in [0.2, 0.25) is 0 Å². The Kier molecular flexibility index (Phi) is 3.15. The highest BCUT2D eigenvalue weighted by atomic mass is 16.2. The molecule has 0 aliphatic rings. The minimum absolute atomic E-state index is 0.246. The summed E-state index contributed by atoms with van der Waals surface area (Å²) in [5, 5.41) is 0. The Morgan fingerprint density at radius 3 is 2.30 bits per heavy atom. The first kappa shape index (κ1) is 8.66. The van der Waals surface area contributed by atoms with Crippen LogP contribution in [-0.2, 0) is 9.59 Å². The summed E-state index contributed by atoms with van der Waals surface area (Å²) in [6.45, 7) is 0.956. The second-order valence-electron chi connectivity index (χ2n) is 1.58. The fourth-order valence-corrected chi connectivity index (χ4v) is 0.430. The first-order chi connectivity index (χ1) is 4.63. The number of nitrogens with zero attached hydrogens (tertiary/aromatic N) is 1. The predicted octanol–water partition coefficient (Wildman–Crippen LogP) is -1.09. The maximum absolute atomic E-state index is 10.6. The van der Waals surface area contributed by atoms with Crippen molar-refractivity contribution in [3.8, 4) is 12.5 Å². The van der Waals surface area contributed by atoms with Gasteiger partial charge >= 0.3 is 0 Å². The van der Waals surface area contributed by atoms with Gasteiger partial charge in [0.05, 0.1) is 6.54 Å². The summed E-state index contributed by atoms with van der Waals surface area (Å²) >= 11 is 0. The third-order valence-corrected chi connectivity index (χ3v) is 0.868. The second kappa shape index (κ2) is 3.64. The van der Waals surface area contributed by atoms with Crippen LogP contribution in [0.15, 0.2) is 0 Å². The molecule has 0 fully saturated rings. The number of nitrogens with two attached hydrogens (primary N) is 1. The molecule has 4 heteroatoms. The average Bonchev–Trinajstić information content (AvgIpc) is 1.88. The molecule has 0 bridgehead atoms. The number of carbonyl (C=O) groups excluding carboxylic acids is 2. The fourth-order valence-electron chi connectivity index (χ4n) is 0.430. The summed E-state index contributed by atoms with van der Waals surface area (Å²) in [6, 6.07) is 1.91. The van der Waals surface area contributed by atoms with Gasteiger partial charge in [0.15, 0.2) is 0 Å². The van der Waals surface area contributed by atoms with E-state index in [0.29, 0.717) is 4.90 Å². The molecule has 0 saturated carbocycles. The monoisotopic (exact) mass is 140 g/mol. The number of amides is 2. The summed E-state index contributed by atoms with van der Waals surface area (Å²) in [5.74, 6) is -1.05. The molecule has 4 nitrogen and oxygen atoms in total. The Bertz CT molecular complexity index is 192. The first-order valence-corrected chi connectivity index (χ1v) is 2.63. The van der Waals surface area contributed by atoms with Gasteiger partial charge in [-0.1, -0.05) is 6.42 Å². The Balaban J connectivity index is 4.25. The highest BCUT2D eigenvalue weighted by Crippen LogP contribution is 1.85. The smallest absolute Gasteiger partial charge is 0.254 e. The minimum Gasteiger partial charge on any atom is -0.322 e. The zero-order valence-corrected chi connectivity index (χ0v) is 5.63. The summed E-state index contributed by atoms with van der Waals surface area (Å²) < 4.78 is 0. The summed E-state index contributed by atoms with van der Waals surface area (Å²) in [5.41, 5.74) is 4.95. The molecule has 2 amide bonds. The number of terminal acetylenes is 1. The Morgan fingerprint density at radius 1 is 1.70 bits per heavy atom. The lowest BCUT2D eigenvalue weighted by molar-refractivity contribution is -0.138. The fraction of sp³-hybridized carbons (Fsp3) is 0.333. The molecule has 0 spiro atoms. The quantitative estimate of drug-likeness (QED) is 0.372. The molecule has 2 N–H and O–H groups in total. The van der Waals surface area contributed by atoms with Gasteiger partial charge in [-0.2, -0.15) is 0 Å². The Labute approximate surface area is 59.0 Å². The SMILES string of the molecule is C#CN(C(C)=O)C(=O)CN. The number of rotatable bonds is 1. The van der Waals surface area contributed by atoms with Gasteiger partial charge in [0.1, 0.15) is 0 Å². The second-order valence-corrected chi connectivity index (χ2v) is 1.58. The van der Waals surface area contributed by atoms with Crippen LogP contribution in [0.4, 0.5) is 0 Å². The lowest BCUT2D eigenvalue weighted by Crippen LogP contribution is -2.35. The van der Waals surface area contributed by atoms with Crippen molar-refractivity contribution in [3.05, 3.63) is 0 Å². The van der Waals surface area contributed by atoms with Gasteiger partial charge < -0.3 is 5.73 Å². The Morgan fingerprint density at radius 2 is 2.20 bits per heavy atom. The topological polar surface area (TPSA) is 63.4 Å². The molecule has 0 aliphatic heterocycles.